The number of hydrogen-bond acceptors (Lipinski definition) is 2. The predicted molar refractivity (Wildman–Crippen MR) is 60.4 cm³/mol. The van der Waals surface area contributed by atoms with Crippen molar-refractivity contribution in [1.29, 1.82) is 0 Å². The molecule has 0 unspecified atom stereocenters. The second-order valence-electron chi connectivity index (χ2n) is 2.93. The molecule has 2 rings (SSSR count). The molecular weight excluding hydrogens is 188 g/mol. The Kier molecular flexibility index (Phi) is 3.98. The van der Waals surface area contributed by atoms with E-state index in [9.17, 15) is 9.59 Å². The van der Waals surface area contributed by atoms with Crippen molar-refractivity contribution in [3.8, 4) is 0 Å². The van der Waals surface area contributed by atoms with Gasteiger partial charge in [-0.25, -0.2) is 0 Å². The maximum absolute atomic E-state index is 11.3. The van der Waals surface area contributed by atoms with Gasteiger partial charge in [0.1, 0.15) is 0 Å². The lowest BCUT2D eigenvalue weighted by atomic mass is 9.95. The van der Waals surface area contributed by atoms with Gasteiger partial charge in [0.25, 0.3) is 0 Å². The molecule has 0 aliphatic heterocycles. The van der Waals surface area contributed by atoms with Crippen molar-refractivity contribution < 1.29 is 9.59 Å². The summed E-state index contributed by atoms with van der Waals surface area (Å²) >= 11 is 0. The van der Waals surface area contributed by atoms with Gasteiger partial charge < -0.3 is 0 Å². The standard InChI is InChI=1S/C11H8O2.C2H6/c12-10-6-7-11(13)9-5-3-1-2-4-8(9)10;1-2/h2-7H,1H2;1-2H3. The van der Waals surface area contributed by atoms with Gasteiger partial charge in [-0.3, -0.25) is 9.59 Å². The lowest BCUT2D eigenvalue weighted by molar-refractivity contribution is -0.114. The maximum Gasteiger partial charge on any atom is 0.186 e. The highest BCUT2D eigenvalue weighted by atomic mass is 16.1. The van der Waals surface area contributed by atoms with Crippen LogP contribution in [-0.4, -0.2) is 11.6 Å². The maximum atomic E-state index is 11.3. The summed E-state index contributed by atoms with van der Waals surface area (Å²) in [5.41, 5.74) is 1.03. The first-order valence-corrected chi connectivity index (χ1v) is 5.13. The number of ketones is 2. The minimum atomic E-state index is -0.0857. The summed E-state index contributed by atoms with van der Waals surface area (Å²) in [7, 11) is 0. The van der Waals surface area contributed by atoms with E-state index in [1.807, 2.05) is 26.0 Å². The third kappa shape index (κ3) is 2.40. The Balaban J connectivity index is 0.000000531. The Hall–Kier alpha value is -1.70. The summed E-state index contributed by atoms with van der Waals surface area (Å²) < 4.78 is 0. The van der Waals surface area contributed by atoms with Crippen LogP contribution >= 0.6 is 0 Å². The summed E-state index contributed by atoms with van der Waals surface area (Å²) in [4.78, 5) is 22.7. The molecule has 0 fully saturated rings. The van der Waals surface area contributed by atoms with Crippen LogP contribution in [0, 0.1) is 0 Å². The number of hydrogen-bond donors (Lipinski definition) is 0. The van der Waals surface area contributed by atoms with Crippen LogP contribution in [0.4, 0.5) is 0 Å². The van der Waals surface area contributed by atoms with Gasteiger partial charge in [0.05, 0.1) is 0 Å². The van der Waals surface area contributed by atoms with Crippen molar-refractivity contribution in [2.45, 2.75) is 20.3 Å². The molecule has 2 aliphatic rings. The first-order chi connectivity index (χ1) is 7.29. The smallest absolute Gasteiger partial charge is 0.186 e. The predicted octanol–water partition coefficient (Wildman–Crippen LogP) is 2.53. The van der Waals surface area contributed by atoms with Gasteiger partial charge in [0.15, 0.2) is 11.6 Å². The van der Waals surface area contributed by atoms with E-state index in [2.05, 4.69) is 0 Å². The quantitative estimate of drug-likeness (QED) is 0.566. The number of allylic oxidation sites excluding steroid dienone is 8. The van der Waals surface area contributed by atoms with Crippen LogP contribution in [0.15, 0.2) is 47.6 Å². The summed E-state index contributed by atoms with van der Waals surface area (Å²) in [6.07, 6.45) is 10.6. The normalized spacial score (nSPS) is 18.3. The van der Waals surface area contributed by atoms with E-state index in [0.29, 0.717) is 11.1 Å². The van der Waals surface area contributed by atoms with Crippen LogP contribution in [0.25, 0.3) is 0 Å². The average molecular weight is 202 g/mol. The molecule has 0 aromatic heterocycles. The molecule has 15 heavy (non-hydrogen) atoms. The fourth-order valence-electron chi connectivity index (χ4n) is 1.39. The Labute approximate surface area is 89.7 Å². The molecular formula is C13H14O2. The number of rotatable bonds is 0. The molecule has 0 radical (unpaired) electrons. The monoisotopic (exact) mass is 202 g/mol. The second kappa shape index (κ2) is 5.25. The van der Waals surface area contributed by atoms with Crippen LogP contribution in [-0.2, 0) is 9.59 Å². The van der Waals surface area contributed by atoms with E-state index < -0.39 is 0 Å². The lowest BCUT2D eigenvalue weighted by Gasteiger charge is -2.06. The summed E-state index contributed by atoms with van der Waals surface area (Å²) in [5, 5.41) is 0. The Bertz CT molecular complexity index is 357. The van der Waals surface area contributed by atoms with Gasteiger partial charge in [-0.1, -0.05) is 38.2 Å². The van der Waals surface area contributed by atoms with Gasteiger partial charge in [-0.15, -0.1) is 0 Å². The van der Waals surface area contributed by atoms with E-state index >= 15 is 0 Å². The van der Waals surface area contributed by atoms with Crippen molar-refractivity contribution in [2.75, 3.05) is 0 Å². The molecule has 0 N–H and O–H groups in total. The van der Waals surface area contributed by atoms with E-state index in [1.165, 1.54) is 12.2 Å². The van der Waals surface area contributed by atoms with E-state index in [1.54, 1.807) is 12.2 Å². The van der Waals surface area contributed by atoms with E-state index in [-0.39, 0.29) is 11.6 Å². The molecule has 0 bridgehead atoms. The van der Waals surface area contributed by atoms with Crippen LogP contribution in [0.1, 0.15) is 20.3 Å². The number of carbonyl (C=O) groups excluding carboxylic acids is 2. The average Bonchev–Trinajstić information content (AvgIpc) is 2.52. The Morgan fingerprint density at radius 2 is 1.20 bits per heavy atom. The minimum Gasteiger partial charge on any atom is -0.289 e. The van der Waals surface area contributed by atoms with Gasteiger partial charge in [-0.2, -0.15) is 0 Å². The molecule has 0 saturated carbocycles. The van der Waals surface area contributed by atoms with E-state index in [0.717, 1.165) is 6.42 Å². The highest BCUT2D eigenvalue weighted by Gasteiger charge is 2.18. The van der Waals surface area contributed by atoms with Crippen molar-refractivity contribution >= 4 is 11.6 Å². The zero-order valence-electron chi connectivity index (χ0n) is 8.99. The van der Waals surface area contributed by atoms with Crippen LogP contribution in [0.5, 0.6) is 0 Å². The van der Waals surface area contributed by atoms with Gasteiger partial charge in [-0.05, 0) is 18.6 Å². The highest BCUT2D eigenvalue weighted by Crippen LogP contribution is 2.19. The zero-order valence-corrected chi connectivity index (χ0v) is 8.99. The topological polar surface area (TPSA) is 34.1 Å². The van der Waals surface area contributed by atoms with Gasteiger partial charge >= 0.3 is 0 Å². The third-order valence-corrected chi connectivity index (χ3v) is 2.05. The minimum absolute atomic E-state index is 0.0857. The molecule has 0 heterocycles. The molecule has 78 valence electrons. The summed E-state index contributed by atoms with van der Waals surface area (Å²) in [6.45, 7) is 4.00. The molecule has 2 aliphatic carbocycles. The van der Waals surface area contributed by atoms with Crippen molar-refractivity contribution in [2.24, 2.45) is 0 Å². The molecule has 2 nitrogen and oxygen atoms in total. The first-order valence-electron chi connectivity index (χ1n) is 5.13. The zero-order chi connectivity index (χ0) is 11.3. The van der Waals surface area contributed by atoms with Gasteiger partial charge in [0, 0.05) is 11.1 Å². The summed E-state index contributed by atoms with van der Waals surface area (Å²) in [5.74, 6) is -0.171. The Morgan fingerprint density at radius 3 is 1.60 bits per heavy atom. The SMILES string of the molecule is CC.O=C1C=CC(=O)C2=C1C=CCC=C2. The van der Waals surface area contributed by atoms with E-state index in [4.69, 9.17) is 0 Å². The third-order valence-electron chi connectivity index (χ3n) is 2.05. The molecule has 0 atom stereocenters. The molecule has 0 spiro atoms. The number of carbonyl (C=O) groups is 2. The van der Waals surface area contributed by atoms with Crippen LogP contribution in [0.3, 0.4) is 0 Å². The lowest BCUT2D eigenvalue weighted by Crippen LogP contribution is -2.11. The molecule has 0 amide bonds. The first kappa shape index (κ1) is 11.4. The Morgan fingerprint density at radius 1 is 0.800 bits per heavy atom. The largest absolute Gasteiger partial charge is 0.289 e. The fraction of sp³-hybridized carbons (Fsp3) is 0.231. The molecule has 0 saturated heterocycles. The van der Waals surface area contributed by atoms with Crippen LogP contribution < -0.4 is 0 Å². The molecule has 2 heteroatoms. The molecule has 0 aromatic carbocycles. The van der Waals surface area contributed by atoms with Crippen LogP contribution in [0.2, 0.25) is 0 Å². The van der Waals surface area contributed by atoms with Gasteiger partial charge in [0.2, 0.25) is 0 Å². The summed E-state index contributed by atoms with van der Waals surface area (Å²) in [6, 6.07) is 0. The van der Waals surface area contributed by atoms with Crippen molar-refractivity contribution in [3.05, 3.63) is 47.6 Å². The van der Waals surface area contributed by atoms with Crippen molar-refractivity contribution in [1.82, 2.24) is 0 Å². The second-order valence-corrected chi connectivity index (χ2v) is 2.93. The van der Waals surface area contributed by atoms with Crippen molar-refractivity contribution in [3.63, 3.8) is 0 Å². The fourth-order valence-corrected chi connectivity index (χ4v) is 1.39. The highest BCUT2D eigenvalue weighted by molar-refractivity contribution is 6.22. The molecule has 0 aromatic rings.